The third-order valence-corrected chi connectivity index (χ3v) is 19.8. The minimum absolute atomic E-state index is 0.120. The van der Waals surface area contributed by atoms with Crippen LogP contribution in [0.2, 0.25) is 0 Å². The van der Waals surface area contributed by atoms with Crippen molar-refractivity contribution in [2.75, 3.05) is 51.9 Å². The Morgan fingerprint density at radius 1 is 0.559 bits per heavy atom. The predicted octanol–water partition coefficient (Wildman–Crippen LogP) is 14.6. The lowest BCUT2D eigenvalue weighted by molar-refractivity contribution is -0.0526. The molecule has 0 spiro atoms. The Kier molecular flexibility index (Phi) is 29.1. The van der Waals surface area contributed by atoms with E-state index in [0.717, 1.165) is 35.2 Å². The summed E-state index contributed by atoms with van der Waals surface area (Å²) >= 11 is 3.16. The summed E-state index contributed by atoms with van der Waals surface area (Å²) < 4.78 is 152. The number of alkyl halides is 3. The van der Waals surface area contributed by atoms with Crippen LogP contribution in [-0.4, -0.2) is 191 Å². The van der Waals surface area contributed by atoms with Crippen LogP contribution < -0.4 is 11.5 Å². The monoisotopic (exact) mass is 1650 g/mol. The second kappa shape index (κ2) is 35.2. The van der Waals surface area contributed by atoms with Gasteiger partial charge in [-0.15, -0.1) is 0 Å². The second-order valence-electron chi connectivity index (χ2n) is 32.4. The molecule has 610 valence electrons. The molecule has 3 saturated heterocycles. The van der Waals surface area contributed by atoms with Gasteiger partial charge in [0.15, 0.2) is 0 Å². The first kappa shape index (κ1) is 91.9. The van der Waals surface area contributed by atoms with Crippen LogP contribution in [0.5, 0.6) is 0 Å². The van der Waals surface area contributed by atoms with E-state index in [2.05, 4.69) is 49.5 Å². The molecule has 28 nitrogen and oxygen atoms in total. The molecule has 111 heavy (non-hydrogen) atoms. The number of benzene rings is 2. The largest absolute Gasteiger partial charge is 0.534 e. The predicted molar refractivity (Wildman–Crippen MR) is 409 cm³/mol. The molecule has 4 N–H and O–H groups in total. The Morgan fingerprint density at radius 2 is 0.955 bits per heavy atom. The standard InChI is InChI=1S/C22H25FN4O4.C16H28BNO4.C12H24B2O4.C12H9BrFN3O2.C11H16F3NO5S/c1-22(2,3)31-21(29)27-9-5-6-14(12-27)17-11-25-19(24)18(26-17)13-7-8-15(16(23)10-13)20(28)30-4;1-14(2,3)20-13(19)18-10-8-9-12(11-18)17-21-15(4,5)16(6,7)22-17;1-9(2)10(3,4)16-13(15-9)14-17-11(5,6)12(7,8)18-14;1-19-12(18)7-3-2-6(4-8(7)14)10-11(15)16-5-9(13)17-10;1-10(2,3)19-9(16)15-6-4-5-8(7-15)20-21(17,18)11(12,13)14/h7-8,10-12H,5-6,9H2,1-4H3,(H2,24,25);11H,8-10H2,1-7H3;1-8H3;2-5H,1H3,(H2,15,16);5H,4,6-7H2,1-3H3. The number of aromatic nitrogens is 4. The van der Waals surface area contributed by atoms with E-state index in [1.807, 2.05) is 131 Å². The number of hydrogen-bond donors (Lipinski definition) is 2. The molecule has 8 heterocycles. The van der Waals surface area contributed by atoms with Crippen LogP contribution in [0.25, 0.3) is 28.1 Å². The van der Waals surface area contributed by atoms with Gasteiger partial charge in [-0.2, -0.15) is 21.6 Å². The molecule has 0 atom stereocenters. The molecule has 3 fully saturated rings. The summed E-state index contributed by atoms with van der Waals surface area (Å²) in [7, 11) is -4.70. The van der Waals surface area contributed by atoms with Gasteiger partial charge in [-0.1, -0.05) is 12.1 Å². The van der Waals surface area contributed by atoms with Crippen molar-refractivity contribution in [2.45, 2.75) is 233 Å². The van der Waals surface area contributed by atoms with Crippen LogP contribution in [-0.2, 0) is 65.9 Å². The molecule has 0 saturated carbocycles. The Morgan fingerprint density at radius 3 is 1.37 bits per heavy atom. The Hall–Kier alpha value is -8.00. The number of methoxy groups -OCH3 is 2. The summed E-state index contributed by atoms with van der Waals surface area (Å²) in [5.74, 6) is -3.12. The van der Waals surface area contributed by atoms with Crippen LogP contribution in [0.4, 0.5) is 48.0 Å². The van der Waals surface area contributed by atoms with Gasteiger partial charge in [-0.05, 0) is 235 Å². The van der Waals surface area contributed by atoms with E-state index in [9.17, 15) is 54.3 Å². The lowest BCUT2D eigenvalue weighted by Crippen LogP contribution is -2.41. The van der Waals surface area contributed by atoms with E-state index in [0.29, 0.717) is 46.6 Å². The zero-order chi connectivity index (χ0) is 84.0. The van der Waals surface area contributed by atoms with Crippen molar-refractivity contribution < 1.29 is 110 Å². The topological polar surface area (TPSA) is 344 Å². The molecule has 0 radical (unpaired) electrons. The number of esters is 2. The first-order valence-electron chi connectivity index (χ1n) is 35.5. The number of amides is 3. The number of nitrogens with two attached hydrogens (primary N) is 2. The van der Waals surface area contributed by atoms with Crippen LogP contribution >= 0.6 is 15.9 Å². The molecular formula is C73H102B3BrF5N9O19S. The molecule has 38 heteroatoms. The SMILES string of the molecule is CC(C)(C)OC(=O)N1C=C(B2OC(C)(C)C(C)(C)O2)CCC1.CC(C)(C)OC(=O)N1CCC=C(OS(=O)(=O)C(F)(F)F)C1.CC1(C)OB(B2OC(C)(C)C(C)(C)O2)OC1(C)C.COC(=O)c1ccc(-c2nc(Br)cnc2N)cc1F.COC(=O)c1ccc(-c2nc(C3=CN(C(=O)OC(C)(C)C)CCC3)cnc2N)cc1F. The van der Waals surface area contributed by atoms with E-state index in [1.165, 1.54) is 74.0 Å². The highest BCUT2D eigenvalue weighted by molar-refractivity contribution is 9.10. The number of ether oxygens (including phenoxy) is 5. The number of hydrogen-bond acceptors (Lipinski definition) is 25. The number of allylic oxidation sites excluding steroid dienone is 2. The zero-order valence-electron chi connectivity index (χ0n) is 67.2. The van der Waals surface area contributed by atoms with Crippen LogP contribution in [0, 0.1) is 11.6 Å². The quantitative estimate of drug-likeness (QED) is 0.0392. The van der Waals surface area contributed by atoms with Crippen molar-refractivity contribution in [1.82, 2.24) is 34.6 Å². The molecule has 6 aliphatic rings. The molecule has 6 aliphatic heterocycles. The van der Waals surface area contributed by atoms with Gasteiger partial charge >= 0.3 is 67.0 Å². The molecule has 4 aromatic rings. The van der Waals surface area contributed by atoms with Crippen molar-refractivity contribution in [2.24, 2.45) is 0 Å². The van der Waals surface area contributed by atoms with Crippen LogP contribution in [0.3, 0.4) is 0 Å². The van der Waals surface area contributed by atoms with Gasteiger partial charge in [0.1, 0.15) is 61.8 Å². The molecule has 0 unspecified atom stereocenters. The number of anilines is 2. The number of carbonyl (C=O) groups excluding carboxylic acids is 5. The van der Waals surface area contributed by atoms with Crippen LogP contribution in [0.15, 0.2) is 83.1 Å². The van der Waals surface area contributed by atoms with Gasteiger partial charge in [-0.3, -0.25) is 9.80 Å². The maximum atomic E-state index is 14.4. The average molecular weight is 1650 g/mol. The minimum Gasteiger partial charge on any atom is -0.465 e. The van der Waals surface area contributed by atoms with Crippen molar-refractivity contribution in [3.8, 4) is 22.5 Å². The van der Waals surface area contributed by atoms with E-state index in [1.54, 1.807) is 31.9 Å². The molecular weight excluding hydrogens is 1550 g/mol. The van der Waals surface area contributed by atoms with Gasteiger partial charge in [0.05, 0.1) is 83.6 Å². The smallest absolute Gasteiger partial charge is 0.465 e. The lowest BCUT2D eigenvalue weighted by atomic mass is 9.49. The number of nitrogen functional groups attached to an aromatic ring is 2. The van der Waals surface area contributed by atoms with E-state index < -0.39 is 102 Å². The zero-order valence-corrected chi connectivity index (χ0v) is 69.6. The molecule has 2 aromatic heterocycles. The fourth-order valence-electron chi connectivity index (χ4n) is 10.5. The van der Waals surface area contributed by atoms with Gasteiger partial charge < -0.3 is 72.2 Å². The Labute approximate surface area is 655 Å². The summed E-state index contributed by atoms with van der Waals surface area (Å²) in [5, 5.41) is 0. The number of carbonyl (C=O) groups is 5. The first-order chi connectivity index (χ1) is 50.7. The number of nitrogens with zero attached hydrogens (tertiary/aromatic N) is 7. The summed E-state index contributed by atoms with van der Waals surface area (Å²) in [6.07, 6.45) is 9.53. The molecule has 0 aliphatic carbocycles. The fourth-order valence-corrected chi connectivity index (χ4v) is 11.3. The van der Waals surface area contributed by atoms with Crippen molar-refractivity contribution in [1.29, 1.82) is 0 Å². The van der Waals surface area contributed by atoms with E-state index >= 15 is 0 Å². The molecule has 2 aromatic carbocycles. The van der Waals surface area contributed by atoms with Crippen molar-refractivity contribution >= 4 is 94.6 Å². The summed E-state index contributed by atoms with van der Waals surface area (Å²) in [4.78, 5) is 80.3. The molecule has 0 bridgehead atoms. The third-order valence-electron chi connectivity index (χ3n) is 18.4. The highest BCUT2D eigenvalue weighted by atomic mass is 79.9. The minimum atomic E-state index is -5.73. The van der Waals surface area contributed by atoms with Crippen molar-refractivity contribution in [3.05, 3.63) is 112 Å². The third kappa shape index (κ3) is 24.5. The highest BCUT2D eigenvalue weighted by Crippen LogP contribution is 2.44. The number of rotatable bonds is 9. The van der Waals surface area contributed by atoms with Gasteiger partial charge in [0, 0.05) is 43.2 Å². The molecule has 3 amide bonds. The van der Waals surface area contributed by atoms with Gasteiger partial charge in [0.25, 0.3) is 0 Å². The normalized spacial score (nSPS) is 18.9. The van der Waals surface area contributed by atoms with E-state index in [-0.39, 0.29) is 81.1 Å². The first-order valence-corrected chi connectivity index (χ1v) is 37.8. The highest BCUT2D eigenvalue weighted by Gasteiger charge is 2.64. The fraction of sp³-hybridized carbons (Fsp3) is 0.575. The second-order valence-corrected chi connectivity index (χ2v) is 34.7. The van der Waals surface area contributed by atoms with Gasteiger partial charge in [-0.25, -0.2) is 52.7 Å². The maximum absolute atomic E-state index is 14.4. The van der Waals surface area contributed by atoms with Crippen molar-refractivity contribution in [3.63, 3.8) is 0 Å². The van der Waals surface area contributed by atoms with E-state index in [4.69, 9.17) is 53.6 Å². The average Bonchev–Trinajstić information content (AvgIpc) is 1.60. The van der Waals surface area contributed by atoms with Gasteiger partial charge in [0.2, 0.25) is 0 Å². The summed E-state index contributed by atoms with van der Waals surface area (Å²) in [5.41, 5.74) is 5.52. The Bertz CT molecular complexity index is 4200. The van der Waals surface area contributed by atoms with Crippen LogP contribution in [0.1, 0.15) is 204 Å². The lowest BCUT2D eigenvalue weighted by Gasteiger charge is -2.32. The maximum Gasteiger partial charge on any atom is 0.534 e. The Balaban J connectivity index is 0.000000220. The summed E-state index contributed by atoms with van der Waals surface area (Å²) in [6.45, 7) is 41.3. The molecule has 10 rings (SSSR count). The summed E-state index contributed by atoms with van der Waals surface area (Å²) in [6, 6.07) is 8.02. The number of halogens is 6.